The fourth-order valence-electron chi connectivity index (χ4n) is 1.98. The lowest BCUT2D eigenvalue weighted by atomic mass is 10.1. The van der Waals surface area contributed by atoms with Crippen molar-refractivity contribution in [2.45, 2.75) is 0 Å². The fraction of sp³-hybridized carbons (Fsp3) is 0.133. The highest BCUT2D eigenvalue weighted by Gasteiger charge is 2.32. The van der Waals surface area contributed by atoms with E-state index in [4.69, 9.17) is 17.0 Å². The Bertz CT molecular complexity index is 745. The number of rotatable bonds is 4. The molecule has 0 aliphatic carbocycles. The Labute approximate surface area is 146 Å². The predicted octanol–water partition coefficient (Wildman–Crippen LogP) is 1.98. The zero-order chi connectivity index (χ0) is 17.1. The Balaban J connectivity index is 2.48. The van der Waals surface area contributed by atoms with E-state index in [1.807, 2.05) is 0 Å². The van der Waals surface area contributed by atoms with Crippen LogP contribution in [0.15, 0.2) is 34.8 Å². The number of phenolic OH excluding ortho intramolecular Hbond substituents is 1. The van der Waals surface area contributed by atoms with E-state index in [1.54, 1.807) is 0 Å². The lowest BCUT2D eigenvalue weighted by molar-refractivity contribution is -0.128. The summed E-state index contributed by atoms with van der Waals surface area (Å²) in [6.45, 7) is 3.75. The van der Waals surface area contributed by atoms with Gasteiger partial charge in [0.1, 0.15) is 5.57 Å². The quantitative estimate of drug-likeness (QED) is 0.352. The smallest absolute Gasteiger partial charge is 0.265 e. The molecule has 0 spiro atoms. The van der Waals surface area contributed by atoms with Crippen molar-refractivity contribution in [2.75, 3.05) is 13.7 Å². The van der Waals surface area contributed by atoms with Crippen LogP contribution in [0.5, 0.6) is 11.5 Å². The molecule has 1 aromatic rings. The summed E-state index contributed by atoms with van der Waals surface area (Å²) in [4.78, 5) is 25.7. The number of nitrogens with zero attached hydrogens (tertiary/aromatic N) is 1. The Morgan fingerprint density at radius 3 is 2.78 bits per heavy atom. The van der Waals surface area contributed by atoms with E-state index in [9.17, 15) is 14.7 Å². The summed E-state index contributed by atoms with van der Waals surface area (Å²) in [5.74, 6) is -0.936. The summed E-state index contributed by atoms with van der Waals surface area (Å²) >= 11 is 8.26. The van der Waals surface area contributed by atoms with Crippen LogP contribution in [-0.2, 0) is 9.59 Å². The highest BCUT2D eigenvalue weighted by atomic mass is 79.9. The Morgan fingerprint density at radius 2 is 2.17 bits per heavy atom. The van der Waals surface area contributed by atoms with Crippen LogP contribution in [0.1, 0.15) is 5.56 Å². The van der Waals surface area contributed by atoms with Crippen molar-refractivity contribution in [3.63, 3.8) is 0 Å². The number of benzene rings is 1. The minimum absolute atomic E-state index is 0.0411. The number of nitrogens with one attached hydrogen (secondary N) is 1. The Morgan fingerprint density at radius 1 is 1.48 bits per heavy atom. The van der Waals surface area contributed by atoms with Gasteiger partial charge in [-0.05, 0) is 36.0 Å². The monoisotopic (exact) mass is 396 g/mol. The van der Waals surface area contributed by atoms with Crippen LogP contribution in [0.4, 0.5) is 0 Å². The topological polar surface area (TPSA) is 78.9 Å². The highest BCUT2D eigenvalue weighted by molar-refractivity contribution is 9.10. The summed E-state index contributed by atoms with van der Waals surface area (Å²) in [7, 11) is 1.41. The Hall–Kier alpha value is -2.19. The number of carbonyl (C=O) groups excluding carboxylic acids is 2. The van der Waals surface area contributed by atoms with Crippen molar-refractivity contribution in [3.8, 4) is 11.5 Å². The van der Waals surface area contributed by atoms with Crippen LogP contribution >= 0.6 is 28.1 Å². The second kappa shape index (κ2) is 6.93. The first-order chi connectivity index (χ1) is 10.9. The molecule has 0 radical (unpaired) electrons. The van der Waals surface area contributed by atoms with Crippen LogP contribution in [0.3, 0.4) is 0 Å². The average molecular weight is 397 g/mol. The van der Waals surface area contributed by atoms with Gasteiger partial charge in [-0.2, -0.15) is 0 Å². The second-order valence-corrected chi connectivity index (χ2v) is 5.81. The van der Waals surface area contributed by atoms with Crippen molar-refractivity contribution in [1.29, 1.82) is 0 Å². The summed E-state index contributed by atoms with van der Waals surface area (Å²) in [5.41, 5.74) is 0.429. The molecule has 0 unspecified atom stereocenters. The molecule has 0 atom stereocenters. The molecule has 2 rings (SSSR count). The van der Waals surface area contributed by atoms with Crippen molar-refractivity contribution in [1.82, 2.24) is 10.2 Å². The molecule has 2 N–H and O–H groups in total. The number of thiocarbonyl (C=S) groups is 1. The van der Waals surface area contributed by atoms with Gasteiger partial charge < -0.3 is 9.84 Å². The maximum atomic E-state index is 12.4. The van der Waals surface area contributed by atoms with Crippen LogP contribution in [0.2, 0.25) is 0 Å². The molecule has 1 fully saturated rings. The van der Waals surface area contributed by atoms with Crippen molar-refractivity contribution in [3.05, 3.63) is 40.4 Å². The highest BCUT2D eigenvalue weighted by Crippen LogP contribution is 2.33. The van der Waals surface area contributed by atoms with E-state index in [-0.39, 0.29) is 28.7 Å². The number of amides is 2. The van der Waals surface area contributed by atoms with E-state index in [2.05, 4.69) is 27.8 Å². The largest absolute Gasteiger partial charge is 0.504 e. The van der Waals surface area contributed by atoms with Crippen molar-refractivity contribution < 1.29 is 19.4 Å². The molecule has 1 aromatic carbocycles. The van der Waals surface area contributed by atoms with Gasteiger partial charge in [0.25, 0.3) is 11.8 Å². The molecular weight excluding hydrogens is 384 g/mol. The van der Waals surface area contributed by atoms with Crippen molar-refractivity contribution in [2.24, 2.45) is 0 Å². The minimum Gasteiger partial charge on any atom is -0.504 e. The minimum atomic E-state index is -0.584. The molecule has 23 heavy (non-hydrogen) atoms. The molecule has 6 nitrogen and oxygen atoms in total. The SMILES string of the molecule is C=CCN1C(=O)C(=Cc2cc(OC)c(O)cc2Br)C(=O)NC1=S. The molecule has 2 amide bonds. The van der Waals surface area contributed by atoms with Gasteiger partial charge in [0, 0.05) is 11.0 Å². The number of hydrogen-bond acceptors (Lipinski definition) is 5. The van der Waals surface area contributed by atoms with E-state index >= 15 is 0 Å². The number of hydrogen-bond donors (Lipinski definition) is 2. The molecule has 8 heteroatoms. The predicted molar refractivity (Wildman–Crippen MR) is 93.0 cm³/mol. The van der Waals surface area contributed by atoms with Crippen LogP contribution in [-0.4, -0.2) is 40.6 Å². The standard InChI is InChI=1S/C15H13BrN2O4S/c1-3-4-18-14(21)9(13(20)17-15(18)23)5-8-6-12(22-2)11(19)7-10(8)16/h3,5-7,19H,1,4H2,2H3,(H,17,20,23). The van der Waals surface area contributed by atoms with Gasteiger partial charge in [0.2, 0.25) is 0 Å². The third kappa shape index (κ3) is 3.43. The molecule has 120 valence electrons. The van der Waals surface area contributed by atoms with Gasteiger partial charge in [0.15, 0.2) is 16.6 Å². The maximum Gasteiger partial charge on any atom is 0.265 e. The van der Waals surface area contributed by atoms with Crippen LogP contribution in [0.25, 0.3) is 6.08 Å². The number of aromatic hydroxyl groups is 1. The molecule has 0 aromatic heterocycles. The van der Waals surface area contributed by atoms with Crippen LogP contribution in [0, 0.1) is 0 Å². The summed E-state index contributed by atoms with van der Waals surface area (Å²) in [6, 6.07) is 2.93. The zero-order valence-electron chi connectivity index (χ0n) is 12.1. The molecular formula is C15H13BrN2O4S. The summed E-state index contributed by atoms with van der Waals surface area (Å²) in [5, 5.41) is 12.2. The van der Waals surface area contributed by atoms with Crippen molar-refractivity contribution >= 4 is 51.2 Å². The molecule has 1 aliphatic rings. The van der Waals surface area contributed by atoms with Gasteiger partial charge in [0.05, 0.1) is 7.11 Å². The maximum absolute atomic E-state index is 12.4. The first-order valence-electron chi connectivity index (χ1n) is 6.45. The van der Waals surface area contributed by atoms with E-state index in [0.29, 0.717) is 10.0 Å². The molecule has 0 bridgehead atoms. The first kappa shape index (κ1) is 17.2. The normalized spacial score (nSPS) is 16.5. The van der Waals surface area contributed by atoms with Gasteiger partial charge >= 0.3 is 0 Å². The third-order valence-corrected chi connectivity index (χ3v) is 4.10. The lowest BCUT2D eigenvalue weighted by Gasteiger charge is -2.27. The van der Waals surface area contributed by atoms with Gasteiger partial charge in [-0.25, -0.2) is 0 Å². The fourth-order valence-corrected chi connectivity index (χ4v) is 2.67. The number of halogens is 1. The third-order valence-electron chi connectivity index (χ3n) is 3.10. The van der Waals surface area contributed by atoms with Gasteiger partial charge in [-0.3, -0.25) is 19.8 Å². The molecule has 1 saturated heterocycles. The van der Waals surface area contributed by atoms with E-state index in [1.165, 1.54) is 36.3 Å². The van der Waals surface area contributed by atoms with E-state index in [0.717, 1.165) is 0 Å². The van der Waals surface area contributed by atoms with E-state index < -0.39 is 11.8 Å². The number of ether oxygens (including phenoxy) is 1. The zero-order valence-corrected chi connectivity index (χ0v) is 14.5. The number of carbonyl (C=O) groups is 2. The first-order valence-corrected chi connectivity index (χ1v) is 7.65. The van der Waals surface area contributed by atoms with Crippen LogP contribution < -0.4 is 10.1 Å². The molecule has 0 saturated carbocycles. The molecule has 1 aliphatic heterocycles. The van der Waals surface area contributed by atoms with Gasteiger partial charge in [-0.1, -0.05) is 22.0 Å². The molecule has 1 heterocycles. The summed E-state index contributed by atoms with van der Waals surface area (Å²) in [6.07, 6.45) is 2.92. The summed E-state index contributed by atoms with van der Waals surface area (Å²) < 4.78 is 5.54. The lowest BCUT2D eigenvalue weighted by Crippen LogP contribution is -2.53. The average Bonchev–Trinajstić information content (AvgIpc) is 2.49. The number of methoxy groups -OCH3 is 1. The second-order valence-electron chi connectivity index (χ2n) is 4.57. The Kier molecular flexibility index (Phi) is 5.17. The number of phenols is 1. The van der Waals surface area contributed by atoms with Gasteiger partial charge in [-0.15, -0.1) is 6.58 Å².